The third-order valence-electron chi connectivity index (χ3n) is 3.69. The van der Waals surface area contributed by atoms with E-state index >= 15 is 0 Å². The lowest BCUT2D eigenvalue weighted by atomic mass is 9.82. The standard InChI is InChI=1S/C15H21FN2O2/c1-2-20-13-10-11(16)6-7-12(13)18-14(19)15(17)8-4-3-5-9-15/h6-7,10H,2-5,8-9,17H2,1H3,(H,18,19). The van der Waals surface area contributed by atoms with Crippen molar-refractivity contribution in [3.05, 3.63) is 24.0 Å². The maximum atomic E-state index is 13.2. The molecule has 1 aromatic rings. The lowest BCUT2D eigenvalue weighted by molar-refractivity contribution is -0.122. The van der Waals surface area contributed by atoms with E-state index in [-0.39, 0.29) is 5.91 Å². The number of halogens is 1. The van der Waals surface area contributed by atoms with E-state index in [9.17, 15) is 9.18 Å². The Hall–Kier alpha value is -1.62. The van der Waals surface area contributed by atoms with Gasteiger partial charge < -0.3 is 15.8 Å². The van der Waals surface area contributed by atoms with Crippen LogP contribution in [0, 0.1) is 5.82 Å². The molecule has 0 heterocycles. The number of nitrogens with one attached hydrogen (secondary N) is 1. The number of benzene rings is 1. The normalized spacial score (nSPS) is 17.6. The number of amides is 1. The van der Waals surface area contributed by atoms with Crippen molar-refractivity contribution in [3.63, 3.8) is 0 Å². The van der Waals surface area contributed by atoms with Crippen LogP contribution in [0.4, 0.5) is 10.1 Å². The molecule has 110 valence electrons. The molecule has 1 amide bonds. The van der Waals surface area contributed by atoms with Gasteiger partial charge in [0.25, 0.3) is 0 Å². The third kappa shape index (κ3) is 3.28. The molecule has 1 fully saturated rings. The number of hydrogen-bond donors (Lipinski definition) is 2. The first-order valence-electron chi connectivity index (χ1n) is 7.08. The SMILES string of the molecule is CCOc1cc(F)ccc1NC(=O)C1(N)CCCCC1. The molecule has 0 aromatic heterocycles. The van der Waals surface area contributed by atoms with Gasteiger partial charge in [0.1, 0.15) is 11.6 Å². The highest BCUT2D eigenvalue weighted by molar-refractivity contribution is 5.99. The minimum absolute atomic E-state index is 0.218. The number of ether oxygens (including phenoxy) is 1. The Morgan fingerprint density at radius 2 is 2.10 bits per heavy atom. The maximum Gasteiger partial charge on any atom is 0.244 e. The van der Waals surface area contributed by atoms with Crippen LogP contribution in [0.5, 0.6) is 5.75 Å². The molecule has 0 bridgehead atoms. The summed E-state index contributed by atoms with van der Waals surface area (Å²) in [5.41, 5.74) is 5.82. The molecule has 3 N–H and O–H groups in total. The number of rotatable bonds is 4. The summed E-state index contributed by atoms with van der Waals surface area (Å²) in [5.74, 6) is -0.281. The van der Waals surface area contributed by atoms with E-state index in [1.54, 1.807) is 0 Å². The van der Waals surface area contributed by atoms with Crippen LogP contribution in [0.3, 0.4) is 0 Å². The molecule has 0 radical (unpaired) electrons. The van der Waals surface area contributed by atoms with Crippen LogP contribution < -0.4 is 15.8 Å². The first kappa shape index (κ1) is 14.8. The third-order valence-corrected chi connectivity index (χ3v) is 3.69. The van der Waals surface area contributed by atoms with Gasteiger partial charge in [0.15, 0.2) is 0 Å². The van der Waals surface area contributed by atoms with Gasteiger partial charge in [0, 0.05) is 6.07 Å². The fourth-order valence-corrected chi connectivity index (χ4v) is 2.53. The number of carbonyl (C=O) groups is 1. The smallest absolute Gasteiger partial charge is 0.244 e. The van der Waals surface area contributed by atoms with Gasteiger partial charge in [0.2, 0.25) is 5.91 Å². The van der Waals surface area contributed by atoms with Crippen molar-refractivity contribution in [2.75, 3.05) is 11.9 Å². The molecule has 0 aliphatic heterocycles. The van der Waals surface area contributed by atoms with E-state index in [1.165, 1.54) is 18.2 Å². The largest absolute Gasteiger partial charge is 0.492 e. The van der Waals surface area contributed by atoms with Crippen molar-refractivity contribution in [1.29, 1.82) is 0 Å². The molecule has 20 heavy (non-hydrogen) atoms. The summed E-state index contributed by atoms with van der Waals surface area (Å²) >= 11 is 0. The summed E-state index contributed by atoms with van der Waals surface area (Å²) in [6.45, 7) is 2.21. The predicted molar refractivity (Wildman–Crippen MR) is 76.2 cm³/mol. The fourth-order valence-electron chi connectivity index (χ4n) is 2.53. The highest BCUT2D eigenvalue weighted by Crippen LogP contribution is 2.30. The highest BCUT2D eigenvalue weighted by Gasteiger charge is 2.35. The van der Waals surface area contributed by atoms with E-state index in [0.29, 0.717) is 30.9 Å². The van der Waals surface area contributed by atoms with Crippen LogP contribution in [-0.4, -0.2) is 18.1 Å². The topological polar surface area (TPSA) is 64.3 Å². The van der Waals surface area contributed by atoms with E-state index in [2.05, 4.69) is 5.32 Å². The monoisotopic (exact) mass is 280 g/mol. The second-order valence-corrected chi connectivity index (χ2v) is 5.24. The van der Waals surface area contributed by atoms with Crippen molar-refractivity contribution in [3.8, 4) is 5.75 Å². The van der Waals surface area contributed by atoms with Gasteiger partial charge >= 0.3 is 0 Å². The fraction of sp³-hybridized carbons (Fsp3) is 0.533. The summed E-state index contributed by atoms with van der Waals surface area (Å²) in [6.07, 6.45) is 4.41. The maximum absolute atomic E-state index is 13.2. The summed E-state index contributed by atoms with van der Waals surface area (Å²) in [5, 5.41) is 2.78. The molecular formula is C15H21FN2O2. The van der Waals surface area contributed by atoms with Gasteiger partial charge in [-0.25, -0.2) is 4.39 Å². The van der Waals surface area contributed by atoms with Crippen molar-refractivity contribution >= 4 is 11.6 Å². The van der Waals surface area contributed by atoms with Crippen molar-refractivity contribution in [2.45, 2.75) is 44.6 Å². The Labute approximate surface area is 118 Å². The molecule has 4 nitrogen and oxygen atoms in total. The van der Waals surface area contributed by atoms with Gasteiger partial charge in [-0.1, -0.05) is 19.3 Å². The van der Waals surface area contributed by atoms with Crippen molar-refractivity contribution < 1.29 is 13.9 Å². The Bertz CT molecular complexity index is 485. The van der Waals surface area contributed by atoms with Gasteiger partial charge in [-0.2, -0.15) is 0 Å². The predicted octanol–water partition coefficient (Wildman–Crippen LogP) is 2.82. The number of carbonyl (C=O) groups excluding carboxylic acids is 1. The molecule has 5 heteroatoms. The Balaban J connectivity index is 2.14. The number of anilines is 1. The number of hydrogen-bond acceptors (Lipinski definition) is 3. The van der Waals surface area contributed by atoms with Gasteiger partial charge in [-0.3, -0.25) is 4.79 Å². The molecule has 2 rings (SSSR count). The molecule has 1 aliphatic carbocycles. The van der Waals surface area contributed by atoms with Crippen LogP contribution in [0.25, 0.3) is 0 Å². The zero-order valence-electron chi connectivity index (χ0n) is 11.7. The first-order valence-corrected chi connectivity index (χ1v) is 7.08. The summed E-state index contributed by atoms with van der Waals surface area (Å²) in [6, 6.07) is 4.07. The Kier molecular flexibility index (Phi) is 4.60. The molecule has 1 aliphatic rings. The second-order valence-electron chi connectivity index (χ2n) is 5.24. The molecule has 0 saturated heterocycles. The molecule has 0 unspecified atom stereocenters. The van der Waals surface area contributed by atoms with E-state index < -0.39 is 11.4 Å². The summed E-state index contributed by atoms with van der Waals surface area (Å²) in [4.78, 5) is 12.3. The minimum atomic E-state index is -0.823. The second kappa shape index (κ2) is 6.22. The van der Waals surface area contributed by atoms with Crippen molar-refractivity contribution in [1.82, 2.24) is 0 Å². The molecule has 1 saturated carbocycles. The average Bonchev–Trinajstić information content (AvgIpc) is 2.43. The zero-order valence-corrected chi connectivity index (χ0v) is 11.7. The highest BCUT2D eigenvalue weighted by atomic mass is 19.1. The van der Waals surface area contributed by atoms with Gasteiger partial charge in [-0.15, -0.1) is 0 Å². The van der Waals surface area contributed by atoms with Gasteiger partial charge in [0.05, 0.1) is 17.8 Å². The Morgan fingerprint density at radius 1 is 1.40 bits per heavy atom. The quantitative estimate of drug-likeness (QED) is 0.891. The molecule has 1 aromatic carbocycles. The van der Waals surface area contributed by atoms with E-state index in [4.69, 9.17) is 10.5 Å². The Morgan fingerprint density at radius 3 is 2.75 bits per heavy atom. The molecular weight excluding hydrogens is 259 g/mol. The van der Waals surface area contributed by atoms with E-state index in [1.807, 2.05) is 6.92 Å². The zero-order chi connectivity index (χ0) is 14.6. The summed E-state index contributed by atoms with van der Waals surface area (Å²) in [7, 11) is 0. The average molecular weight is 280 g/mol. The van der Waals surface area contributed by atoms with Crippen LogP contribution >= 0.6 is 0 Å². The van der Waals surface area contributed by atoms with Crippen LogP contribution in [-0.2, 0) is 4.79 Å². The number of nitrogens with two attached hydrogens (primary N) is 1. The van der Waals surface area contributed by atoms with E-state index in [0.717, 1.165) is 19.3 Å². The van der Waals surface area contributed by atoms with Gasteiger partial charge in [-0.05, 0) is 31.9 Å². The van der Waals surface area contributed by atoms with Crippen LogP contribution in [0.1, 0.15) is 39.0 Å². The summed E-state index contributed by atoms with van der Waals surface area (Å²) < 4.78 is 18.6. The lowest BCUT2D eigenvalue weighted by Crippen LogP contribution is -2.52. The first-order chi connectivity index (χ1) is 9.55. The van der Waals surface area contributed by atoms with Crippen molar-refractivity contribution in [2.24, 2.45) is 5.73 Å². The van der Waals surface area contributed by atoms with Crippen LogP contribution in [0.2, 0.25) is 0 Å². The van der Waals surface area contributed by atoms with Crippen LogP contribution in [0.15, 0.2) is 18.2 Å². The molecule has 0 spiro atoms. The molecule has 0 atom stereocenters. The minimum Gasteiger partial charge on any atom is -0.492 e. The lowest BCUT2D eigenvalue weighted by Gasteiger charge is -2.32.